The van der Waals surface area contributed by atoms with E-state index >= 15 is 0 Å². The topological polar surface area (TPSA) is 133 Å². The van der Waals surface area contributed by atoms with Gasteiger partial charge in [-0.15, -0.1) is 0 Å². The van der Waals surface area contributed by atoms with Crippen LogP contribution in [0.4, 0.5) is 17.2 Å². The highest BCUT2D eigenvalue weighted by Crippen LogP contribution is 2.35. The van der Waals surface area contributed by atoms with Crippen LogP contribution in [0.5, 0.6) is 5.75 Å². The number of nitro benzene ring substituents is 1. The van der Waals surface area contributed by atoms with Crippen molar-refractivity contribution < 1.29 is 14.6 Å². The summed E-state index contributed by atoms with van der Waals surface area (Å²) in [4.78, 5) is 24.4. The molecule has 0 aliphatic carbocycles. The normalized spacial score (nSPS) is 10.8. The first-order chi connectivity index (χ1) is 14.8. The van der Waals surface area contributed by atoms with Crippen LogP contribution in [0, 0.1) is 20.2 Å². The van der Waals surface area contributed by atoms with Crippen LogP contribution >= 0.6 is 27.5 Å². The van der Waals surface area contributed by atoms with Crippen molar-refractivity contribution >= 4 is 50.9 Å². The number of pyridine rings is 1. The number of anilines is 1. The molecule has 10 nitrogen and oxygen atoms in total. The van der Waals surface area contributed by atoms with Gasteiger partial charge in [-0.05, 0) is 45.3 Å². The third kappa shape index (κ3) is 5.96. The zero-order valence-electron chi connectivity index (χ0n) is 15.6. The Labute approximate surface area is 189 Å². The van der Waals surface area contributed by atoms with Gasteiger partial charge in [0, 0.05) is 18.2 Å². The van der Waals surface area contributed by atoms with Gasteiger partial charge in [-0.1, -0.05) is 23.7 Å². The molecule has 0 saturated carbocycles. The van der Waals surface area contributed by atoms with Crippen molar-refractivity contribution in [3.05, 3.63) is 95.6 Å². The lowest BCUT2D eigenvalue weighted by Crippen LogP contribution is -1.99. The minimum Gasteiger partial charge on any atom is -0.486 e. The molecular weight excluding hydrogens is 494 g/mol. The van der Waals surface area contributed by atoms with E-state index in [-0.39, 0.29) is 18.0 Å². The number of non-ortho nitro benzene ring substituents is 1. The third-order valence-corrected chi connectivity index (χ3v) is 4.75. The molecule has 1 N–H and O–H groups in total. The smallest absolute Gasteiger partial charge is 0.287 e. The second kappa shape index (κ2) is 9.96. The summed E-state index contributed by atoms with van der Waals surface area (Å²) >= 11 is 9.70. The molecule has 0 saturated heterocycles. The molecule has 3 aromatic rings. The van der Waals surface area contributed by atoms with E-state index in [1.54, 1.807) is 24.3 Å². The molecule has 0 spiro atoms. The minimum absolute atomic E-state index is 0.0205. The van der Waals surface area contributed by atoms with Crippen LogP contribution in [-0.2, 0) is 6.61 Å². The molecule has 3 rings (SSSR count). The minimum atomic E-state index is -0.539. The van der Waals surface area contributed by atoms with Gasteiger partial charge >= 0.3 is 0 Å². The lowest BCUT2D eigenvalue weighted by molar-refractivity contribution is -0.385. The summed E-state index contributed by atoms with van der Waals surface area (Å²) in [5, 5.41) is 25.9. The molecule has 0 radical (unpaired) electrons. The van der Waals surface area contributed by atoms with Gasteiger partial charge in [-0.3, -0.25) is 25.7 Å². The molecule has 2 aromatic carbocycles. The molecule has 0 aliphatic heterocycles. The molecule has 0 fully saturated rings. The quantitative estimate of drug-likeness (QED) is 0.248. The van der Waals surface area contributed by atoms with Crippen molar-refractivity contribution in [2.24, 2.45) is 5.10 Å². The summed E-state index contributed by atoms with van der Waals surface area (Å²) in [6, 6.07) is 12.2. The summed E-state index contributed by atoms with van der Waals surface area (Å²) in [6.45, 7) is 0.0980. The Bertz CT molecular complexity index is 1130. The molecule has 1 aromatic heterocycles. The molecule has 0 atom stereocenters. The SMILES string of the molecule is O=[N+]([O-])c1ccc(N/N=C\c2cc(Cl)c(OCc3cccc([N+](=O)[O-])c3)c(Br)c2)nc1. The lowest BCUT2D eigenvalue weighted by atomic mass is 10.2. The van der Waals surface area contributed by atoms with Crippen LogP contribution in [0.3, 0.4) is 0 Å². The van der Waals surface area contributed by atoms with E-state index in [9.17, 15) is 20.2 Å². The fourth-order valence-electron chi connectivity index (χ4n) is 2.44. The average molecular weight is 507 g/mol. The maximum atomic E-state index is 10.9. The molecule has 12 heteroatoms. The van der Waals surface area contributed by atoms with Crippen molar-refractivity contribution in [3.8, 4) is 5.75 Å². The van der Waals surface area contributed by atoms with Gasteiger partial charge in [0.15, 0.2) is 5.75 Å². The second-order valence-electron chi connectivity index (χ2n) is 6.06. The number of halogens is 2. The van der Waals surface area contributed by atoms with E-state index in [1.807, 2.05) is 0 Å². The van der Waals surface area contributed by atoms with Crippen LogP contribution in [0.25, 0.3) is 0 Å². The Morgan fingerprint density at radius 2 is 1.90 bits per heavy atom. The van der Waals surface area contributed by atoms with E-state index < -0.39 is 9.85 Å². The predicted molar refractivity (Wildman–Crippen MR) is 119 cm³/mol. The first-order valence-corrected chi connectivity index (χ1v) is 9.75. The van der Waals surface area contributed by atoms with Crippen LogP contribution in [-0.4, -0.2) is 21.0 Å². The zero-order chi connectivity index (χ0) is 22.4. The molecule has 158 valence electrons. The Hall–Kier alpha value is -3.57. The van der Waals surface area contributed by atoms with Gasteiger partial charge in [0.2, 0.25) is 0 Å². The highest BCUT2D eigenvalue weighted by molar-refractivity contribution is 9.10. The van der Waals surface area contributed by atoms with E-state index in [1.165, 1.54) is 30.5 Å². The maximum Gasteiger partial charge on any atom is 0.287 e. The van der Waals surface area contributed by atoms with Crippen LogP contribution in [0.15, 0.2) is 64.3 Å². The Morgan fingerprint density at radius 3 is 2.55 bits per heavy atom. The monoisotopic (exact) mass is 505 g/mol. The molecule has 1 heterocycles. The molecule has 0 amide bonds. The van der Waals surface area contributed by atoms with Crippen LogP contribution < -0.4 is 10.2 Å². The highest BCUT2D eigenvalue weighted by atomic mass is 79.9. The highest BCUT2D eigenvalue weighted by Gasteiger charge is 2.11. The Kier molecular flexibility index (Phi) is 7.11. The number of hydrazone groups is 1. The lowest BCUT2D eigenvalue weighted by Gasteiger charge is -2.11. The molecule has 0 bridgehead atoms. The van der Waals surface area contributed by atoms with Crippen molar-refractivity contribution in [2.75, 3.05) is 5.43 Å². The average Bonchev–Trinajstić information content (AvgIpc) is 2.73. The number of hydrogen-bond acceptors (Lipinski definition) is 8. The number of rotatable bonds is 8. The van der Waals surface area contributed by atoms with Crippen LogP contribution in [0.2, 0.25) is 5.02 Å². The van der Waals surface area contributed by atoms with Crippen molar-refractivity contribution in [3.63, 3.8) is 0 Å². The Balaban J connectivity index is 1.65. The van der Waals surface area contributed by atoms with Crippen molar-refractivity contribution in [1.82, 2.24) is 4.98 Å². The first kappa shape index (κ1) is 22.1. The Morgan fingerprint density at radius 1 is 1.13 bits per heavy atom. The number of nitrogens with one attached hydrogen (secondary N) is 1. The summed E-state index contributed by atoms with van der Waals surface area (Å²) in [5.74, 6) is 0.722. The van der Waals surface area contributed by atoms with Gasteiger partial charge in [0.1, 0.15) is 18.6 Å². The fraction of sp³-hybridized carbons (Fsp3) is 0.0526. The number of nitrogens with zero attached hydrogens (tertiary/aromatic N) is 4. The fourth-order valence-corrected chi connectivity index (χ4v) is 3.43. The number of aromatic nitrogens is 1. The van der Waals surface area contributed by atoms with Gasteiger partial charge < -0.3 is 4.74 Å². The standard InChI is InChI=1S/C19H13BrClN5O5/c20-16-7-13(9-23-24-18-5-4-15(10-22-18)26(29)30)8-17(21)19(16)31-11-12-2-1-3-14(6-12)25(27)28/h1-10H,11H2,(H,22,24)/b23-9-. The largest absolute Gasteiger partial charge is 0.486 e. The van der Waals surface area contributed by atoms with Gasteiger partial charge in [0.05, 0.1) is 25.6 Å². The first-order valence-electron chi connectivity index (χ1n) is 8.58. The number of ether oxygens (including phenoxy) is 1. The third-order valence-electron chi connectivity index (χ3n) is 3.88. The van der Waals surface area contributed by atoms with Crippen LogP contribution in [0.1, 0.15) is 11.1 Å². The summed E-state index contributed by atoms with van der Waals surface area (Å²) in [5.41, 5.74) is 3.80. The van der Waals surface area contributed by atoms with E-state index in [2.05, 4.69) is 31.4 Å². The molecule has 31 heavy (non-hydrogen) atoms. The van der Waals surface area contributed by atoms with Crippen molar-refractivity contribution in [1.29, 1.82) is 0 Å². The maximum absolute atomic E-state index is 10.9. The second-order valence-corrected chi connectivity index (χ2v) is 7.32. The van der Waals surface area contributed by atoms with Crippen molar-refractivity contribution in [2.45, 2.75) is 6.61 Å². The number of hydrogen-bond donors (Lipinski definition) is 1. The number of nitro groups is 2. The number of benzene rings is 2. The zero-order valence-corrected chi connectivity index (χ0v) is 17.9. The summed E-state index contributed by atoms with van der Waals surface area (Å²) in [6.07, 6.45) is 2.61. The molecule has 0 aliphatic rings. The van der Waals surface area contributed by atoms with E-state index in [0.29, 0.717) is 32.2 Å². The van der Waals surface area contributed by atoms with Gasteiger partial charge in [-0.2, -0.15) is 5.10 Å². The molecule has 0 unspecified atom stereocenters. The van der Waals surface area contributed by atoms with E-state index in [4.69, 9.17) is 16.3 Å². The van der Waals surface area contributed by atoms with E-state index in [0.717, 1.165) is 6.20 Å². The van der Waals surface area contributed by atoms with Gasteiger partial charge in [-0.25, -0.2) is 4.98 Å². The van der Waals surface area contributed by atoms with Gasteiger partial charge in [0.25, 0.3) is 11.4 Å². The summed E-state index contributed by atoms with van der Waals surface area (Å²) < 4.78 is 6.29. The molecular formula is C19H13BrClN5O5. The summed E-state index contributed by atoms with van der Waals surface area (Å²) in [7, 11) is 0. The predicted octanol–water partition coefficient (Wildman–Crippen LogP) is 5.34.